The zero-order valence-corrected chi connectivity index (χ0v) is 24.0. The van der Waals surface area contributed by atoms with Gasteiger partial charge in [0.2, 0.25) is 15.9 Å². The second kappa shape index (κ2) is 12.5. The summed E-state index contributed by atoms with van der Waals surface area (Å²) in [5.74, 6) is 0.402. The normalized spacial score (nSPS) is 17.6. The maximum Gasteiger partial charge on any atom is 0.243 e. The smallest absolute Gasteiger partial charge is 0.243 e. The molecule has 0 spiro atoms. The Balaban J connectivity index is 1.27. The molecule has 2 fully saturated rings. The highest BCUT2D eigenvalue weighted by Crippen LogP contribution is 2.28. The minimum absolute atomic E-state index is 0.0652. The van der Waals surface area contributed by atoms with E-state index in [4.69, 9.17) is 4.74 Å². The van der Waals surface area contributed by atoms with Crippen LogP contribution in [0.15, 0.2) is 41.3 Å². The van der Waals surface area contributed by atoms with Crippen LogP contribution in [-0.4, -0.2) is 76.5 Å². The molecule has 0 radical (unpaired) electrons. The molecule has 4 rings (SSSR count). The van der Waals surface area contributed by atoms with Gasteiger partial charge < -0.3 is 19.9 Å². The molecule has 1 amide bonds. The van der Waals surface area contributed by atoms with Gasteiger partial charge in [-0.1, -0.05) is 6.42 Å². The van der Waals surface area contributed by atoms with Gasteiger partial charge in [-0.2, -0.15) is 0 Å². The number of carbonyl (C=O) groups is 1. The molecular weight excluding hydrogens is 500 g/mol. The highest BCUT2D eigenvalue weighted by molar-refractivity contribution is 7.89. The Morgan fingerprint density at radius 1 is 1.00 bits per heavy atom. The van der Waals surface area contributed by atoms with Crippen LogP contribution in [-0.2, 0) is 14.8 Å². The zero-order valence-electron chi connectivity index (χ0n) is 23.2. The van der Waals surface area contributed by atoms with Crippen molar-refractivity contribution in [2.24, 2.45) is 0 Å². The van der Waals surface area contributed by atoms with Crippen LogP contribution in [0.5, 0.6) is 5.75 Å². The second-order valence-electron chi connectivity index (χ2n) is 10.6. The summed E-state index contributed by atoms with van der Waals surface area (Å²) in [5.41, 5.74) is 3.13. The summed E-state index contributed by atoms with van der Waals surface area (Å²) in [4.78, 5) is 18.0. The molecule has 2 heterocycles. The molecule has 0 atom stereocenters. The van der Waals surface area contributed by atoms with Gasteiger partial charge in [0.25, 0.3) is 0 Å². The van der Waals surface area contributed by atoms with Crippen LogP contribution in [0, 0.1) is 13.8 Å². The summed E-state index contributed by atoms with van der Waals surface area (Å²) in [5, 5.41) is 2.90. The Labute approximate surface area is 228 Å². The number of rotatable bonds is 9. The molecule has 38 heavy (non-hydrogen) atoms. The topological polar surface area (TPSA) is 82.2 Å². The Bertz CT molecular complexity index is 1180. The predicted molar refractivity (Wildman–Crippen MR) is 153 cm³/mol. The van der Waals surface area contributed by atoms with Crippen LogP contribution >= 0.6 is 0 Å². The molecule has 1 N–H and O–H groups in total. The summed E-state index contributed by atoms with van der Waals surface area (Å²) in [7, 11) is -0.670. The summed E-state index contributed by atoms with van der Waals surface area (Å²) >= 11 is 0. The lowest BCUT2D eigenvalue weighted by Gasteiger charge is -2.41. The van der Waals surface area contributed by atoms with Crippen molar-refractivity contribution >= 4 is 27.3 Å². The fourth-order valence-electron chi connectivity index (χ4n) is 5.72. The van der Waals surface area contributed by atoms with E-state index in [1.54, 1.807) is 33.1 Å². The number of anilines is 2. The number of hydrogen-bond acceptors (Lipinski definition) is 6. The van der Waals surface area contributed by atoms with Gasteiger partial charge in [0, 0.05) is 50.5 Å². The number of likely N-dealkylation sites (tertiary alicyclic amines) is 1. The van der Waals surface area contributed by atoms with Gasteiger partial charge in [0.15, 0.2) is 0 Å². The van der Waals surface area contributed by atoms with Crippen molar-refractivity contribution in [1.82, 2.24) is 9.21 Å². The first kappa shape index (κ1) is 28.4. The van der Waals surface area contributed by atoms with Gasteiger partial charge in [0.05, 0.1) is 12.0 Å². The molecule has 0 aromatic heterocycles. The van der Waals surface area contributed by atoms with Gasteiger partial charge >= 0.3 is 0 Å². The average molecular weight is 543 g/mol. The lowest BCUT2D eigenvalue weighted by atomic mass is 9.99. The summed E-state index contributed by atoms with van der Waals surface area (Å²) in [6.07, 6.45) is 6.50. The Hall–Kier alpha value is -2.62. The minimum Gasteiger partial charge on any atom is -0.497 e. The quantitative estimate of drug-likeness (QED) is 0.505. The fourth-order valence-corrected chi connectivity index (χ4v) is 7.30. The molecular formula is C29H42N4O4S. The van der Waals surface area contributed by atoms with Crippen LogP contribution in [0.3, 0.4) is 0 Å². The predicted octanol–water partition coefficient (Wildman–Crippen LogP) is 4.42. The third-order valence-electron chi connectivity index (χ3n) is 7.88. The molecule has 2 aromatic rings. The summed E-state index contributed by atoms with van der Waals surface area (Å²) < 4.78 is 32.9. The number of methoxy groups -OCH3 is 1. The molecule has 2 saturated heterocycles. The van der Waals surface area contributed by atoms with Gasteiger partial charge in [-0.15, -0.1) is 0 Å². The zero-order chi connectivity index (χ0) is 27.3. The second-order valence-corrected chi connectivity index (χ2v) is 12.6. The third kappa shape index (κ3) is 6.68. The first-order valence-corrected chi connectivity index (χ1v) is 15.1. The van der Waals surface area contributed by atoms with E-state index in [-0.39, 0.29) is 23.8 Å². The SMILES string of the molecule is COc1cc(C)c(S(=O)(=O)N(C)CCC(=O)Nc2ccc(N3CCC(N4CCCCC4)CC3)cc2)c(C)c1. The highest BCUT2D eigenvalue weighted by atomic mass is 32.2. The molecule has 0 unspecified atom stereocenters. The summed E-state index contributed by atoms with van der Waals surface area (Å²) in [6.45, 7) is 8.21. The van der Waals surface area contributed by atoms with Gasteiger partial charge in [-0.05, 0) is 100 Å². The van der Waals surface area contributed by atoms with E-state index in [9.17, 15) is 13.2 Å². The van der Waals surface area contributed by atoms with E-state index in [1.165, 1.54) is 62.2 Å². The molecule has 0 aliphatic carbocycles. The van der Waals surface area contributed by atoms with Crippen molar-refractivity contribution in [3.63, 3.8) is 0 Å². The van der Waals surface area contributed by atoms with Gasteiger partial charge in [0.1, 0.15) is 5.75 Å². The number of nitrogens with one attached hydrogen (secondary N) is 1. The van der Waals surface area contributed by atoms with Gasteiger partial charge in [-0.25, -0.2) is 12.7 Å². The van der Waals surface area contributed by atoms with Gasteiger partial charge in [-0.3, -0.25) is 4.79 Å². The Morgan fingerprint density at radius 3 is 2.18 bits per heavy atom. The van der Waals surface area contributed by atoms with E-state index < -0.39 is 10.0 Å². The molecule has 9 heteroatoms. The largest absolute Gasteiger partial charge is 0.497 e. The summed E-state index contributed by atoms with van der Waals surface area (Å²) in [6, 6.07) is 12.1. The van der Waals surface area contributed by atoms with Crippen molar-refractivity contribution in [2.75, 3.05) is 57.1 Å². The number of aryl methyl sites for hydroxylation is 2. The standard InChI is InChI=1S/C29H42N4O4S/c1-22-20-27(37-4)21-23(2)29(22)38(35,36)31(3)17-14-28(34)30-24-8-10-25(11-9-24)33-18-12-26(13-19-33)32-15-6-5-7-16-32/h8-11,20-21,26H,5-7,12-19H2,1-4H3,(H,30,34). The number of ether oxygens (including phenoxy) is 1. The molecule has 0 saturated carbocycles. The number of amides is 1. The molecule has 2 aromatic carbocycles. The maximum absolute atomic E-state index is 13.2. The average Bonchev–Trinajstić information content (AvgIpc) is 2.92. The fraction of sp³-hybridized carbons (Fsp3) is 0.552. The monoisotopic (exact) mass is 542 g/mol. The van der Waals surface area contributed by atoms with Crippen LogP contribution < -0.4 is 15.0 Å². The van der Waals surface area contributed by atoms with Crippen LogP contribution in [0.25, 0.3) is 0 Å². The van der Waals surface area contributed by atoms with Crippen LogP contribution in [0.1, 0.15) is 49.7 Å². The van der Waals surface area contributed by atoms with Crippen molar-refractivity contribution in [2.45, 2.75) is 63.3 Å². The number of carbonyl (C=O) groups excluding carboxylic acids is 1. The molecule has 8 nitrogen and oxygen atoms in total. The minimum atomic E-state index is -3.73. The van der Waals surface area contributed by atoms with E-state index in [2.05, 4.69) is 27.2 Å². The molecule has 2 aliphatic rings. The van der Waals surface area contributed by atoms with Crippen molar-refractivity contribution < 1.29 is 17.9 Å². The number of hydrogen-bond donors (Lipinski definition) is 1. The third-order valence-corrected chi connectivity index (χ3v) is 10.0. The first-order valence-electron chi connectivity index (χ1n) is 13.7. The van der Waals surface area contributed by atoms with Crippen LogP contribution in [0.4, 0.5) is 11.4 Å². The number of nitrogens with zero attached hydrogens (tertiary/aromatic N) is 3. The Morgan fingerprint density at radius 2 is 1.61 bits per heavy atom. The van der Waals surface area contributed by atoms with Crippen LogP contribution in [0.2, 0.25) is 0 Å². The van der Waals surface area contributed by atoms with Crippen molar-refractivity contribution in [3.8, 4) is 5.75 Å². The molecule has 0 bridgehead atoms. The molecule has 2 aliphatic heterocycles. The van der Waals surface area contributed by atoms with E-state index in [0.29, 0.717) is 28.6 Å². The van der Waals surface area contributed by atoms with Crippen molar-refractivity contribution in [3.05, 3.63) is 47.5 Å². The van der Waals surface area contributed by atoms with Crippen molar-refractivity contribution in [1.29, 1.82) is 0 Å². The number of piperidine rings is 2. The number of sulfonamides is 1. The molecule has 208 valence electrons. The lowest BCUT2D eigenvalue weighted by Crippen LogP contribution is -2.46. The van der Waals surface area contributed by atoms with E-state index >= 15 is 0 Å². The Kier molecular flexibility index (Phi) is 9.33. The first-order chi connectivity index (χ1) is 18.2. The van der Waals surface area contributed by atoms with E-state index in [1.807, 2.05) is 12.1 Å². The van der Waals surface area contributed by atoms with E-state index in [0.717, 1.165) is 13.1 Å². The highest BCUT2D eigenvalue weighted by Gasteiger charge is 2.27. The maximum atomic E-state index is 13.2. The lowest BCUT2D eigenvalue weighted by molar-refractivity contribution is -0.116. The number of benzene rings is 2.